The first-order valence-corrected chi connectivity index (χ1v) is 6.61. The van der Waals surface area contributed by atoms with E-state index >= 15 is 0 Å². The topological polar surface area (TPSA) is 60.2 Å². The second-order valence-corrected chi connectivity index (χ2v) is 4.70. The van der Waals surface area contributed by atoms with E-state index in [1.165, 1.54) is 0 Å². The number of rotatable bonds is 5. The number of hydrogen-bond donors (Lipinski definition) is 1. The number of benzene rings is 1. The number of nitrogens with one attached hydrogen (secondary N) is 1. The minimum atomic E-state index is 0.628. The molecule has 100 valence electrons. The van der Waals surface area contributed by atoms with Crippen LogP contribution in [0.25, 0.3) is 11.4 Å². The van der Waals surface area contributed by atoms with Gasteiger partial charge in [0.25, 0.3) is 0 Å². The highest BCUT2D eigenvalue weighted by Crippen LogP contribution is 2.22. The first kappa shape index (κ1) is 12.2. The first-order chi connectivity index (χ1) is 9.35. The fourth-order valence-corrected chi connectivity index (χ4v) is 2.09. The van der Waals surface area contributed by atoms with Crippen molar-refractivity contribution in [2.24, 2.45) is 5.92 Å². The molecule has 5 heteroatoms. The zero-order valence-electron chi connectivity index (χ0n) is 10.9. The van der Waals surface area contributed by atoms with E-state index in [0.29, 0.717) is 24.2 Å². The predicted molar refractivity (Wildman–Crippen MR) is 71.0 cm³/mol. The lowest BCUT2D eigenvalue weighted by Crippen LogP contribution is -2.43. The van der Waals surface area contributed by atoms with Crippen molar-refractivity contribution in [3.8, 4) is 17.1 Å². The maximum atomic E-state index is 5.47. The molecule has 0 unspecified atom stereocenters. The van der Waals surface area contributed by atoms with E-state index in [2.05, 4.69) is 15.5 Å². The van der Waals surface area contributed by atoms with Crippen LogP contribution in [-0.2, 0) is 6.42 Å². The second-order valence-electron chi connectivity index (χ2n) is 4.70. The molecule has 0 aliphatic carbocycles. The smallest absolute Gasteiger partial charge is 0.227 e. The lowest BCUT2D eigenvalue weighted by molar-refractivity contribution is 0.296. The average Bonchev–Trinajstić information content (AvgIpc) is 2.83. The van der Waals surface area contributed by atoms with E-state index in [1.54, 1.807) is 0 Å². The van der Waals surface area contributed by atoms with Crippen LogP contribution in [-0.4, -0.2) is 29.8 Å². The molecule has 0 atom stereocenters. The van der Waals surface area contributed by atoms with Crippen molar-refractivity contribution in [3.63, 3.8) is 0 Å². The van der Waals surface area contributed by atoms with Crippen LogP contribution in [0.5, 0.6) is 5.75 Å². The maximum absolute atomic E-state index is 5.47. The molecular formula is C14H17N3O2. The highest BCUT2D eigenvalue weighted by molar-refractivity contribution is 5.56. The van der Waals surface area contributed by atoms with Gasteiger partial charge in [-0.2, -0.15) is 4.98 Å². The molecule has 0 radical (unpaired) electrons. The summed E-state index contributed by atoms with van der Waals surface area (Å²) < 4.78 is 10.8. The Morgan fingerprint density at radius 2 is 2.32 bits per heavy atom. The van der Waals surface area contributed by atoms with E-state index < -0.39 is 0 Å². The monoisotopic (exact) mass is 259 g/mol. The van der Waals surface area contributed by atoms with E-state index in [-0.39, 0.29) is 0 Å². The summed E-state index contributed by atoms with van der Waals surface area (Å²) in [5.74, 6) is 2.80. The van der Waals surface area contributed by atoms with Gasteiger partial charge in [0.2, 0.25) is 11.7 Å². The standard InChI is InChI=1S/C14H17N3O2/c1-2-18-12-5-3-4-11(7-12)14-16-13(19-17-14)6-10-8-15-9-10/h3-5,7,10,15H,2,6,8-9H2,1H3. The molecule has 19 heavy (non-hydrogen) atoms. The summed E-state index contributed by atoms with van der Waals surface area (Å²) in [4.78, 5) is 4.44. The van der Waals surface area contributed by atoms with Gasteiger partial charge < -0.3 is 14.6 Å². The van der Waals surface area contributed by atoms with Gasteiger partial charge in [-0.1, -0.05) is 17.3 Å². The molecule has 2 aromatic rings. The lowest BCUT2D eigenvalue weighted by atomic mass is 10.00. The molecule has 1 fully saturated rings. The Morgan fingerprint density at radius 1 is 1.42 bits per heavy atom. The minimum Gasteiger partial charge on any atom is -0.494 e. The Morgan fingerprint density at radius 3 is 3.05 bits per heavy atom. The van der Waals surface area contributed by atoms with Gasteiger partial charge in [-0.25, -0.2) is 0 Å². The number of nitrogens with zero attached hydrogens (tertiary/aromatic N) is 2. The van der Waals surface area contributed by atoms with Gasteiger partial charge in [0, 0.05) is 12.0 Å². The van der Waals surface area contributed by atoms with Crippen molar-refractivity contribution in [2.45, 2.75) is 13.3 Å². The zero-order valence-corrected chi connectivity index (χ0v) is 10.9. The van der Waals surface area contributed by atoms with Crippen LogP contribution in [0, 0.1) is 5.92 Å². The average molecular weight is 259 g/mol. The van der Waals surface area contributed by atoms with Gasteiger partial charge in [0.05, 0.1) is 6.61 Å². The molecular weight excluding hydrogens is 242 g/mol. The fraction of sp³-hybridized carbons (Fsp3) is 0.429. The summed E-state index contributed by atoms with van der Waals surface area (Å²) in [5.41, 5.74) is 0.924. The molecule has 1 aliphatic heterocycles. The van der Waals surface area contributed by atoms with Crippen molar-refractivity contribution in [1.82, 2.24) is 15.5 Å². The van der Waals surface area contributed by atoms with Crippen LogP contribution in [0.3, 0.4) is 0 Å². The van der Waals surface area contributed by atoms with Gasteiger partial charge >= 0.3 is 0 Å². The molecule has 0 saturated carbocycles. The molecule has 2 heterocycles. The van der Waals surface area contributed by atoms with Gasteiger partial charge in [-0.3, -0.25) is 0 Å². The van der Waals surface area contributed by atoms with E-state index in [4.69, 9.17) is 9.26 Å². The number of aromatic nitrogens is 2. The van der Waals surface area contributed by atoms with Crippen molar-refractivity contribution in [2.75, 3.05) is 19.7 Å². The first-order valence-electron chi connectivity index (χ1n) is 6.61. The summed E-state index contributed by atoms with van der Waals surface area (Å²) in [7, 11) is 0. The van der Waals surface area contributed by atoms with Gasteiger partial charge in [-0.15, -0.1) is 0 Å². The third-order valence-electron chi connectivity index (χ3n) is 3.20. The summed E-state index contributed by atoms with van der Waals surface area (Å²) >= 11 is 0. The van der Waals surface area contributed by atoms with Crippen LogP contribution in [0.4, 0.5) is 0 Å². The van der Waals surface area contributed by atoms with Crippen molar-refractivity contribution in [3.05, 3.63) is 30.2 Å². The largest absolute Gasteiger partial charge is 0.494 e. The molecule has 1 N–H and O–H groups in total. The molecule has 0 spiro atoms. The Labute approximate surface area is 112 Å². The van der Waals surface area contributed by atoms with Gasteiger partial charge in [0.15, 0.2) is 0 Å². The van der Waals surface area contributed by atoms with Crippen LogP contribution in [0.2, 0.25) is 0 Å². The van der Waals surface area contributed by atoms with Gasteiger partial charge in [0.1, 0.15) is 5.75 Å². The third kappa shape index (κ3) is 2.76. The summed E-state index contributed by atoms with van der Waals surface area (Å²) in [6.45, 7) is 4.69. The summed E-state index contributed by atoms with van der Waals surface area (Å²) in [6, 6.07) is 7.76. The van der Waals surface area contributed by atoms with E-state index in [1.807, 2.05) is 31.2 Å². The van der Waals surface area contributed by atoms with Gasteiger partial charge in [-0.05, 0) is 38.1 Å². The van der Waals surface area contributed by atoms with Crippen LogP contribution >= 0.6 is 0 Å². The molecule has 1 saturated heterocycles. The highest BCUT2D eigenvalue weighted by Gasteiger charge is 2.20. The molecule has 5 nitrogen and oxygen atoms in total. The lowest BCUT2D eigenvalue weighted by Gasteiger charge is -2.25. The highest BCUT2D eigenvalue weighted by atomic mass is 16.5. The zero-order chi connectivity index (χ0) is 13.1. The minimum absolute atomic E-state index is 0.628. The van der Waals surface area contributed by atoms with Crippen LogP contribution < -0.4 is 10.1 Å². The van der Waals surface area contributed by atoms with E-state index in [0.717, 1.165) is 30.8 Å². The SMILES string of the molecule is CCOc1cccc(-c2noc(CC3CNC3)n2)c1. The number of hydrogen-bond acceptors (Lipinski definition) is 5. The Kier molecular flexibility index (Phi) is 3.46. The molecule has 1 aromatic carbocycles. The quantitative estimate of drug-likeness (QED) is 0.888. The molecule has 1 aromatic heterocycles. The summed E-state index contributed by atoms with van der Waals surface area (Å²) in [5, 5.41) is 7.27. The Hall–Kier alpha value is -1.88. The normalized spacial score (nSPS) is 15.2. The summed E-state index contributed by atoms with van der Waals surface area (Å²) in [6.07, 6.45) is 0.852. The molecule has 0 amide bonds. The van der Waals surface area contributed by atoms with Crippen molar-refractivity contribution < 1.29 is 9.26 Å². The fourth-order valence-electron chi connectivity index (χ4n) is 2.09. The molecule has 3 rings (SSSR count). The second kappa shape index (κ2) is 5.40. The number of ether oxygens (including phenoxy) is 1. The van der Waals surface area contributed by atoms with Crippen LogP contribution in [0.15, 0.2) is 28.8 Å². The predicted octanol–water partition coefficient (Wildman–Crippen LogP) is 1.90. The van der Waals surface area contributed by atoms with E-state index in [9.17, 15) is 0 Å². The van der Waals surface area contributed by atoms with Crippen LogP contribution in [0.1, 0.15) is 12.8 Å². The molecule has 0 bridgehead atoms. The Balaban J connectivity index is 1.75. The van der Waals surface area contributed by atoms with Crippen molar-refractivity contribution >= 4 is 0 Å². The Bertz CT molecular complexity index is 549. The maximum Gasteiger partial charge on any atom is 0.227 e. The third-order valence-corrected chi connectivity index (χ3v) is 3.20. The molecule has 1 aliphatic rings. The van der Waals surface area contributed by atoms with Crippen molar-refractivity contribution in [1.29, 1.82) is 0 Å².